The molecule has 1 fully saturated rings. The van der Waals surface area contributed by atoms with Crippen molar-refractivity contribution in [3.8, 4) is 11.4 Å². The van der Waals surface area contributed by atoms with Crippen LogP contribution in [-0.4, -0.2) is 34.0 Å². The van der Waals surface area contributed by atoms with Crippen molar-refractivity contribution in [2.24, 2.45) is 11.8 Å². The number of amides is 1. The van der Waals surface area contributed by atoms with Crippen LogP contribution in [0.2, 0.25) is 0 Å². The molecule has 1 unspecified atom stereocenters. The van der Waals surface area contributed by atoms with Gasteiger partial charge >= 0.3 is 0 Å². The number of carbonyl (C=O) groups is 1. The van der Waals surface area contributed by atoms with Gasteiger partial charge in [-0.2, -0.15) is 4.98 Å². The topological polar surface area (TPSA) is 71.3 Å². The third-order valence-corrected chi connectivity index (χ3v) is 7.02. The average molecular weight is 489 g/mol. The molecule has 1 aliphatic heterocycles. The van der Waals surface area contributed by atoms with Gasteiger partial charge in [-0.3, -0.25) is 9.69 Å². The first-order valence-electron chi connectivity index (χ1n) is 13.2. The second kappa shape index (κ2) is 11.4. The summed E-state index contributed by atoms with van der Waals surface area (Å²) in [4.78, 5) is 20.0. The van der Waals surface area contributed by atoms with Gasteiger partial charge < -0.3 is 9.84 Å². The minimum Gasteiger partial charge on any atom is -0.349 e. The normalized spacial score (nSPS) is 16.3. The molecular formula is C30H40N4O2. The van der Waals surface area contributed by atoms with Crippen LogP contribution in [0.15, 0.2) is 59.1 Å². The van der Waals surface area contributed by atoms with Gasteiger partial charge in [-0.25, -0.2) is 0 Å². The highest BCUT2D eigenvalue weighted by atomic mass is 16.5. The summed E-state index contributed by atoms with van der Waals surface area (Å²) in [7, 11) is 0. The van der Waals surface area contributed by atoms with Crippen LogP contribution in [-0.2, 0) is 16.8 Å². The van der Waals surface area contributed by atoms with Crippen LogP contribution < -0.4 is 5.32 Å². The van der Waals surface area contributed by atoms with E-state index < -0.39 is 0 Å². The number of benzene rings is 2. The van der Waals surface area contributed by atoms with Crippen LogP contribution in [0.1, 0.15) is 76.9 Å². The first-order valence-corrected chi connectivity index (χ1v) is 13.2. The minimum atomic E-state index is 0.0409. The largest absolute Gasteiger partial charge is 0.349 e. The van der Waals surface area contributed by atoms with E-state index in [2.05, 4.69) is 91.4 Å². The molecule has 0 aliphatic carbocycles. The smallest absolute Gasteiger partial charge is 0.241 e. The molecule has 0 spiro atoms. The number of nitrogens with zero attached hydrogens (tertiary/aromatic N) is 3. The van der Waals surface area contributed by atoms with E-state index in [4.69, 9.17) is 4.52 Å². The molecule has 2 aromatic carbocycles. The Morgan fingerprint density at radius 1 is 1.06 bits per heavy atom. The molecule has 0 radical (unpaired) electrons. The molecule has 2 heterocycles. The summed E-state index contributed by atoms with van der Waals surface area (Å²) < 4.78 is 5.55. The Balaban J connectivity index is 1.29. The lowest BCUT2D eigenvalue weighted by molar-refractivity contribution is -0.127. The predicted octanol–water partition coefficient (Wildman–Crippen LogP) is 6.15. The maximum atomic E-state index is 13.1. The van der Waals surface area contributed by atoms with E-state index in [-0.39, 0.29) is 23.3 Å². The van der Waals surface area contributed by atoms with Gasteiger partial charge in [-0.05, 0) is 54.8 Å². The van der Waals surface area contributed by atoms with E-state index in [1.54, 1.807) is 0 Å². The maximum absolute atomic E-state index is 13.1. The zero-order valence-corrected chi connectivity index (χ0v) is 22.3. The maximum Gasteiger partial charge on any atom is 0.241 e. The van der Waals surface area contributed by atoms with E-state index in [0.29, 0.717) is 24.2 Å². The summed E-state index contributed by atoms with van der Waals surface area (Å²) in [5, 5.41) is 7.53. The molecule has 1 atom stereocenters. The van der Waals surface area contributed by atoms with Crippen LogP contribution >= 0.6 is 0 Å². The molecule has 1 aromatic heterocycles. The molecule has 192 valence electrons. The highest BCUT2D eigenvalue weighted by Gasteiger charge is 2.28. The highest BCUT2D eigenvalue weighted by Crippen LogP contribution is 2.27. The summed E-state index contributed by atoms with van der Waals surface area (Å²) in [6.45, 7) is 13.3. The van der Waals surface area contributed by atoms with E-state index in [1.807, 2.05) is 18.2 Å². The Kier molecular flexibility index (Phi) is 8.24. The van der Waals surface area contributed by atoms with Gasteiger partial charge in [0.2, 0.25) is 17.6 Å². The van der Waals surface area contributed by atoms with Crippen LogP contribution in [0.4, 0.5) is 0 Å². The SMILES string of the molecule is CC(C)CC(NC(=O)C1CCN(Cc2nc(-c3ccc(C(C)(C)C)cc3)no2)CC1)c1ccccc1. The molecule has 1 N–H and O–H groups in total. The number of nitrogens with one attached hydrogen (secondary N) is 1. The lowest BCUT2D eigenvalue weighted by Gasteiger charge is -2.31. The molecule has 0 bridgehead atoms. The van der Waals surface area contributed by atoms with Crippen molar-refractivity contribution in [2.75, 3.05) is 13.1 Å². The monoisotopic (exact) mass is 488 g/mol. The van der Waals surface area contributed by atoms with Crippen molar-refractivity contribution >= 4 is 5.91 Å². The first-order chi connectivity index (χ1) is 17.2. The number of hydrogen-bond donors (Lipinski definition) is 1. The standard InChI is InChI=1S/C30H40N4O2/c1-21(2)19-26(22-9-7-6-8-10-22)31-29(35)24-15-17-34(18-16-24)20-27-32-28(33-36-27)23-11-13-25(14-12-23)30(3,4)5/h6-14,21,24,26H,15-20H2,1-5H3,(H,31,35). The predicted molar refractivity (Wildman–Crippen MR) is 143 cm³/mol. The molecule has 1 aliphatic rings. The van der Waals surface area contributed by atoms with Crippen molar-refractivity contribution in [1.29, 1.82) is 0 Å². The Labute approximate surface area is 215 Å². The molecule has 0 saturated carbocycles. The van der Waals surface area contributed by atoms with Gasteiger partial charge in [0.15, 0.2) is 0 Å². The molecule has 4 rings (SSSR count). The van der Waals surface area contributed by atoms with Gasteiger partial charge in [0, 0.05) is 11.5 Å². The van der Waals surface area contributed by atoms with Gasteiger partial charge in [0.25, 0.3) is 0 Å². The summed E-state index contributed by atoms with van der Waals surface area (Å²) in [5.41, 5.74) is 3.53. The van der Waals surface area contributed by atoms with Crippen LogP contribution in [0.5, 0.6) is 0 Å². The molecular weight excluding hydrogens is 448 g/mol. The zero-order chi connectivity index (χ0) is 25.7. The highest BCUT2D eigenvalue weighted by molar-refractivity contribution is 5.79. The van der Waals surface area contributed by atoms with Crippen LogP contribution in [0, 0.1) is 11.8 Å². The molecule has 36 heavy (non-hydrogen) atoms. The number of hydrogen-bond acceptors (Lipinski definition) is 5. The van der Waals surface area contributed by atoms with Crippen molar-refractivity contribution in [2.45, 2.75) is 71.9 Å². The fourth-order valence-electron chi connectivity index (χ4n) is 4.82. The van der Waals surface area contributed by atoms with E-state index in [1.165, 1.54) is 11.1 Å². The Bertz CT molecular complexity index is 1110. The van der Waals surface area contributed by atoms with Crippen molar-refractivity contribution in [1.82, 2.24) is 20.4 Å². The number of piperidine rings is 1. The average Bonchev–Trinajstić information content (AvgIpc) is 3.32. The Morgan fingerprint density at radius 2 is 1.72 bits per heavy atom. The fraction of sp³-hybridized carbons (Fsp3) is 0.500. The van der Waals surface area contributed by atoms with Gasteiger partial charge in [0.05, 0.1) is 12.6 Å². The lowest BCUT2D eigenvalue weighted by atomic mass is 9.87. The van der Waals surface area contributed by atoms with E-state index in [9.17, 15) is 4.79 Å². The van der Waals surface area contributed by atoms with Gasteiger partial charge in [0.1, 0.15) is 0 Å². The van der Waals surface area contributed by atoms with Crippen LogP contribution in [0.25, 0.3) is 11.4 Å². The zero-order valence-electron chi connectivity index (χ0n) is 22.3. The second-order valence-electron chi connectivity index (χ2n) is 11.5. The molecule has 3 aromatic rings. The van der Waals surface area contributed by atoms with Gasteiger partial charge in [-0.15, -0.1) is 0 Å². The van der Waals surface area contributed by atoms with Crippen molar-refractivity contribution < 1.29 is 9.32 Å². The third kappa shape index (κ3) is 6.82. The Morgan fingerprint density at radius 3 is 2.33 bits per heavy atom. The van der Waals surface area contributed by atoms with E-state index >= 15 is 0 Å². The summed E-state index contributed by atoms with van der Waals surface area (Å²) in [5.74, 6) is 1.96. The fourth-order valence-corrected chi connectivity index (χ4v) is 4.82. The molecule has 6 heteroatoms. The summed E-state index contributed by atoms with van der Waals surface area (Å²) >= 11 is 0. The van der Waals surface area contributed by atoms with E-state index in [0.717, 1.165) is 37.9 Å². The third-order valence-electron chi connectivity index (χ3n) is 7.02. The van der Waals surface area contributed by atoms with Crippen molar-refractivity contribution in [3.05, 3.63) is 71.6 Å². The quantitative estimate of drug-likeness (QED) is 0.412. The second-order valence-corrected chi connectivity index (χ2v) is 11.5. The van der Waals surface area contributed by atoms with Crippen LogP contribution in [0.3, 0.4) is 0 Å². The number of rotatable bonds is 8. The summed E-state index contributed by atoms with van der Waals surface area (Å²) in [6, 6.07) is 18.7. The Hall–Kier alpha value is -2.99. The minimum absolute atomic E-state index is 0.0409. The summed E-state index contributed by atoms with van der Waals surface area (Å²) in [6.07, 6.45) is 2.61. The lowest BCUT2D eigenvalue weighted by Crippen LogP contribution is -2.41. The molecule has 6 nitrogen and oxygen atoms in total. The molecule has 1 amide bonds. The van der Waals surface area contributed by atoms with Gasteiger partial charge in [-0.1, -0.05) is 94.4 Å². The number of aromatic nitrogens is 2. The van der Waals surface area contributed by atoms with Crippen molar-refractivity contribution in [3.63, 3.8) is 0 Å². The number of likely N-dealkylation sites (tertiary alicyclic amines) is 1. The first kappa shape index (κ1) is 26.1. The number of carbonyl (C=O) groups excluding carboxylic acids is 1. The molecule has 1 saturated heterocycles.